The molecule has 0 aliphatic carbocycles. The maximum absolute atomic E-state index is 13.9. The standard InChI is InChI=1S/C31H37Cl2N3O5S/c1-5-29(31(38)34-18-22(2)3)35(19-24-11-12-25(32)17-28(24)33)30(37)20-36(42(4,39)40)26-13-15-27(16-14-26)41-21-23-9-7-6-8-10-23/h6-17,22,29H,5,18-21H2,1-4H3,(H,34,38)/t29-/m1/s1. The Hall–Kier alpha value is -3.27. The monoisotopic (exact) mass is 633 g/mol. The van der Waals surface area contributed by atoms with Crippen LogP contribution in [0, 0.1) is 5.92 Å². The van der Waals surface area contributed by atoms with E-state index in [2.05, 4.69) is 5.32 Å². The van der Waals surface area contributed by atoms with Gasteiger partial charge >= 0.3 is 0 Å². The van der Waals surface area contributed by atoms with Crippen LogP contribution in [0.1, 0.15) is 38.3 Å². The fourth-order valence-corrected chi connectivity index (χ4v) is 5.56. The Balaban J connectivity index is 1.87. The van der Waals surface area contributed by atoms with Crippen LogP contribution in [-0.4, -0.2) is 50.5 Å². The van der Waals surface area contributed by atoms with Crippen LogP contribution in [0.25, 0.3) is 0 Å². The molecule has 0 fully saturated rings. The average Bonchev–Trinajstić information content (AvgIpc) is 2.95. The lowest BCUT2D eigenvalue weighted by Crippen LogP contribution is -2.52. The molecule has 0 radical (unpaired) electrons. The number of hydrogen-bond acceptors (Lipinski definition) is 5. The van der Waals surface area contributed by atoms with Gasteiger partial charge in [-0.25, -0.2) is 8.42 Å². The molecule has 0 unspecified atom stereocenters. The zero-order valence-electron chi connectivity index (χ0n) is 24.2. The number of sulfonamides is 1. The molecule has 1 N–H and O–H groups in total. The molecule has 2 amide bonds. The van der Waals surface area contributed by atoms with Crippen molar-refractivity contribution >= 4 is 50.7 Å². The molecule has 0 saturated carbocycles. The van der Waals surface area contributed by atoms with Crippen LogP contribution in [0.5, 0.6) is 5.75 Å². The van der Waals surface area contributed by atoms with Gasteiger partial charge in [0.1, 0.15) is 24.9 Å². The molecule has 0 spiro atoms. The lowest BCUT2D eigenvalue weighted by Gasteiger charge is -2.33. The number of benzene rings is 3. The van der Waals surface area contributed by atoms with Gasteiger partial charge in [0.25, 0.3) is 0 Å². The van der Waals surface area contributed by atoms with E-state index >= 15 is 0 Å². The minimum atomic E-state index is -3.87. The van der Waals surface area contributed by atoms with E-state index < -0.39 is 28.5 Å². The zero-order valence-corrected chi connectivity index (χ0v) is 26.5. The summed E-state index contributed by atoms with van der Waals surface area (Å²) < 4.78 is 32.6. The largest absolute Gasteiger partial charge is 0.489 e. The van der Waals surface area contributed by atoms with E-state index in [1.807, 2.05) is 44.2 Å². The highest BCUT2D eigenvalue weighted by molar-refractivity contribution is 7.92. The molecule has 1 atom stereocenters. The molecule has 3 aromatic rings. The molecule has 0 aliphatic heterocycles. The number of nitrogens with zero attached hydrogens (tertiary/aromatic N) is 2. The fraction of sp³-hybridized carbons (Fsp3) is 0.355. The summed E-state index contributed by atoms with van der Waals surface area (Å²) in [7, 11) is -3.87. The first-order chi connectivity index (χ1) is 19.9. The zero-order chi connectivity index (χ0) is 30.9. The van der Waals surface area contributed by atoms with Crippen LogP contribution in [-0.2, 0) is 32.8 Å². The maximum Gasteiger partial charge on any atom is 0.244 e. The molecular weight excluding hydrogens is 597 g/mol. The molecule has 3 rings (SSSR count). The van der Waals surface area contributed by atoms with E-state index in [9.17, 15) is 18.0 Å². The Morgan fingerprint density at radius 1 is 0.976 bits per heavy atom. The molecule has 226 valence electrons. The van der Waals surface area contributed by atoms with E-state index in [4.69, 9.17) is 27.9 Å². The molecule has 0 heterocycles. The summed E-state index contributed by atoms with van der Waals surface area (Å²) in [5.74, 6) is -0.117. The van der Waals surface area contributed by atoms with Crippen LogP contribution in [0.4, 0.5) is 5.69 Å². The first-order valence-corrected chi connectivity index (χ1v) is 16.2. The number of carbonyl (C=O) groups is 2. The Labute approximate surface area is 258 Å². The van der Waals surface area contributed by atoms with E-state index in [-0.39, 0.29) is 18.4 Å². The SMILES string of the molecule is CC[C@H](C(=O)NCC(C)C)N(Cc1ccc(Cl)cc1Cl)C(=O)CN(c1ccc(OCc2ccccc2)cc1)S(C)(=O)=O. The highest BCUT2D eigenvalue weighted by Gasteiger charge is 2.32. The third kappa shape index (κ3) is 9.64. The Kier molecular flexibility index (Phi) is 12.1. The van der Waals surface area contributed by atoms with Crippen LogP contribution in [0.2, 0.25) is 10.0 Å². The van der Waals surface area contributed by atoms with Gasteiger partial charge in [-0.15, -0.1) is 0 Å². The van der Waals surface area contributed by atoms with Crippen LogP contribution < -0.4 is 14.4 Å². The molecule has 0 saturated heterocycles. The van der Waals surface area contributed by atoms with Crippen molar-refractivity contribution in [1.29, 1.82) is 0 Å². The van der Waals surface area contributed by atoms with Gasteiger partial charge in [0, 0.05) is 23.1 Å². The molecule has 3 aromatic carbocycles. The van der Waals surface area contributed by atoms with Gasteiger partial charge in [-0.3, -0.25) is 13.9 Å². The van der Waals surface area contributed by atoms with Crippen molar-refractivity contribution in [3.8, 4) is 5.75 Å². The minimum absolute atomic E-state index is 0.00763. The normalized spacial score (nSPS) is 12.1. The smallest absolute Gasteiger partial charge is 0.244 e. The van der Waals surface area contributed by atoms with Gasteiger partial charge in [0.15, 0.2) is 0 Å². The van der Waals surface area contributed by atoms with E-state index in [1.165, 1.54) is 4.90 Å². The van der Waals surface area contributed by atoms with Gasteiger partial charge in [-0.1, -0.05) is 80.4 Å². The second-order valence-corrected chi connectivity index (χ2v) is 13.1. The van der Waals surface area contributed by atoms with Crippen molar-refractivity contribution in [3.05, 3.63) is 94.0 Å². The summed E-state index contributed by atoms with van der Waals surface area (Å²) in [6.07, 6.45) is 1.35. The van der Waals surface area contributed by atoms with Gasteiger partial charge in [-0.2, -0.15) is 0 Å². The predicted octanol–water partition coefficient (Wildman–Crippen LogP) is 5.92. The summed E-state index contributed by atoms with van der Waals surface area (Å²) in [6, 6.07) is 20.2. The van der Waals surface area contributed by atoms with Crippen LogP contribution in [0.15, 0.2) is 72.8 Å². The number of ether oxygens (including phenoxy) is 1. The minimum Gasteiger partial charge on any atom is -0.489 e. The molecule has 42 heavy (non-hydrogen) atoms. The van der Waals surface area contributed by atoms with Gasteiger partial charge in [0.05, 0.1) is 11.9 Å². The number of halogens is 2. The highest BCUT2D eigenvalue weighted by Crippen LogP contribution is 2.26. The summed E-state index contributed by atoms with van der Waals surface area (Å²) >= 11 is 12.5. The molecule has 0 bridgehead atoms. The van der Waals surface area contributed by atoms with Gasteiger partial charge < -0.3 is 15.0 Å². The number of hydrogen-bond donors (Lipinski definition) is 1. The first kappa shape index (κ1) is 33.2. The Morgan fingerprint density at radius 2 is 1.64 bits per heavy atom. The van der Waals surface area contributed by atoms with Gasteiger partial charge in [-0.05, 0) is 59.9 Å². The predicted molar refractivity (Wildman–Crippen MR) is 168 cm³/mol. The molecule has 11 heteroatoms. The fourth-order valence-electron chi connectivity index (χ4n) is 4.24. The van der Waals surface area contributed by atoms with E-state index in [1.54, 1.807) is 49.4 Å². The molecule has 8 nitrogen and oxygen atoms in total. The van der Waals surface area contributed by atoms with Crippen molar-refractivity contribution in [2.24, 2.45) is 5.92 Å². The van der Waals surface area contributed by atoms with Crippen molar-refractivity contribution in [2.45, 2.75) is 46.4 Å². The number of nitrogens with one attached hydrogen (secondary N) is 1. The average molecular weight is 635 g/mol. The van der Waals surface area contributed by atoms with Crippen LogP contribution in [0.3, 0.4) is 0 Å². The lowest BCUT2D eigenvalue weighted by molar-refractivity contribution is -0.140. The van der Waals surface area contributed by atoms with Crippen LogP contribution >= 0.6 is 23.2 Å². The number of carbonyl (C=O) groups excluding carboxylic acids is 2. The third-order valence-corrected chi connectivity index (χ3v) is 8.21. The topological polar surface area (TPSA) is 96.0 Å². The van der Waals surface area contributed by atoms with E-state index in [0.717, 1.165) is 16.1 Å². The molecule has 0 aliphatic rings. The summed E-state index contributed by atoms with van der Waals surface area (Å²) in [6.45, 7) is 6.01. The van der Waals surface area contributed by atoms with Crippen molar-refractivity contribution in [2.75, 3.05) is 23.7 Å². The second-order valence-electron chi connectivity index (χ2n) is 10.4. The number of rotatable bonds is 14. The maximum atomic E-state index is 13.9. The van der Waals surface area contributed by atoms with Crippen molar-refractivity contribution in [1.82, 2.24) is 10.2 Å². The van der Waals surface area contributed by atoms with Gasteiger partial charge in [0.2, 0.25) is 21.8 Å². The summed E-state index contributed by atoms with van der Waals surface area (Å²) in [5.41, 5.74) is 1.86. The molecule has 0 aromatic heterocycles. The number of anilines is 1. The second kappa shape index (κ2) is 15.3. The Bertz CT molecular complexity index is 1450. The van der Waals surface area contributed by atoms with E-state index in [0.29, 0.717) is 46.6 Å². The lowest BCUT2D eigenvalue weighted by atomic mass is 10.1. The van der Waals surface area contributed by atoms with Crippen molar-refractivity contribution < 1.29 is 22.7 Å². The quantitative estimate of drug-likeness (QED) is 0.238. The highest BCUT2D eigenvalue weighted by atomic mass is 35.5. The summed E-state index contributed by atoms with van der Waals surface area (Å²) in [5, 5.41) is 3.66. The first-order valence-electron chi connectivity index (χ1n) is 13.6. The third-order valence-electron chi connectivity index (χ3n) is 6.48. The molecular formula is C31H37Cl2N3O5S. The summed E-state index contributed by atoms with van der Waals surface area (Å²) in [4.78, 5) is 28.4. The number of amides is 2. The van der Waals surface area contributed by atoms with Crippen molar-refractivity contribution in [3.63, 3.8) is 0 Å². The Morgan fingerprint density at radius 3 is 2.21 bits per heavy atom.